The molecule has 8 nitrogen and oxygen atoms in total. The Morgan fingerprint density at radius 3 is 2.40 bits per heavy atom. The molecule has 0 atom stereocenters. The van der Waals surface area contributed by atoms with Crippen molar-refractivity contribution >= 4 is 45.2 Å². The first-order chi connectivity index (χ1) is 16.9. The number of thioether (sulfide) groups is 1. The summed E-state index contributed by atoms with van der Waals surface area (Å²) in [6, 6.07) is 22.8. The summed E-state index contributed by atoms with van der Waals surface area (Å²) in [4.78, 5) is 47.6. The Morgan fingerprint density at radius 2 is 1.60 bits per heavy atom. The van der Waals surface area contributed by atoms with Crippen LogP contribution < -0.4 is 16.6 Å². The summed E-state index contributed by atoms with van der Waals surface area (Å²) in [6.07, 6.45) is 0. The molecule has 0 fully saturated rings. The first-order valence-corrected chi connectivity index (χ1v) is 11.9. The number of hydrogen-bond donors (Lipinski definition) is 1. The van der Waals surface area contributed by atoms with Crippen LogP contribution in [-0.4, -0.2) is 30.8 Å². The van der Waals surface area contributed by atoms with Gasteiger partial charge in [-0.25, -0.2) is 14.8 Å². The van der Waals surface area contributed by atoms with Gasteiger partial charge in [0.1, 0.15) is 10.4 Å². The molecule has 35 heavy (non-hydrogen) atoms. The molecule has 0 radical (unpaired) electrons. The fourth-order valence-electron chi connectivity index (χ4n) is 3.90. The molecule has 0 bridgehead atoms. The molecule has 0 saturated carbocycles. The molecular weight excluding hydrogens is 462 g/mol. The second kappa shape index (κ2) is 9.19. The minimum absolute atomic E-state index is 0.0234. The smallest absolute Gasteiger partial charge is 0.325 e. The van der Waals surface area contributed by atoms with Crippen molar-refractivity contribution in [2.45, 2.75) is 5.03 Å². The molecule has 5 rings (SSSR count). The van der Waals surface area contributed by atoms with Gasteiger partial charge in [0, 0.05) is 30.7 Å². The molecule has 0 aliphatic rings. The van der Waals surface area contributed by atoms with Gasteiger partial charge in [-0.15, -0.1) is 0 Å². The predicted molar refractivity (Wildman–Crippen MR) is 139 cm³/mol. The molecule has 0 aliphatic heterocycles. The number of benzene rings is 3. The van der Waals surface area contributed by atoms with E-state index in [2.05, 4.69) is 15.3 Å². The number of hydrogen-bond acceptors (Lipinski definition) is 6. The fraction of sp³-hybridized carbons (Fsp3) is 0.115. The number of fused-ring (bicyclic) bond motifs is 2. The van der Waals surface area contributed by atoms with E-state index in [4.69, 9.17) is 0 Å². The van der Waals surface area contributed by atoms with Crippen molar-refractivity contribution in [2.75, 3.05) is 11.1 Å². The lowest BCUT2D eigenvalue weighted by Crippen LogP contribution is -2.37. The van der Waals surface area contributed by atoms with Crippen molar-refractivity contribution in [2.24, 2.45) is 14.1 Å². The van der Waals surface area contributed by atoms with Crippen LogP contribution in [0, 0.1) is 0 Å². The van der Waals surface area contributed by atoms with E-state index in [9.17, 15) is 14.4 Å². The fourth-order valence-corrected chi connectivity index (χ4v) is 4.72. The van der Waals surface area contributed by atoms with Crippen LogP contribution in [0.5, 0.6) is 0 Å². The van der Waals surface area contributed by atoms with Crippen LogP contribution in [0.1, 0.15) is 0 Å². The molecule has 0 aliphatic carbocycles. The maximum Gasteiger partial charge on any atom is 0.332 e. The Labute approximate surface area is 204 Å². The third-order valence-corrected chi connectivity index (χ3v) is 6.68. The summed E-state index contributed by atoms with van der Waals surface area (Å²) in [6.45, 7) is 0. The monoisotopic (exact) mass is 483 g/mol. The zero-order valence-corrected chi connectivity index (χ0v) is 19.9. The van der Waals surface area contributed by atoms with E-state index in [0.717, 1.165) is 32.7 Å². The van der Waals surface area contributed by atoms with E-state index in [1.54, 1.807) is 7.05 Å². The van der Waals surface area contributed by atoms with Crippen LogP contribution in [0.3, 0.4) is 0 Å². The number of rotatable bonds is 5. The number of aromatic nitrogens is 4. The van der Waals surface area contributed by atoms with Crippen LogP contribution in [0.2, 0.25) is 0 Å². The van der Waals surface area contributed by atoms with E-state index >= 15 is 0 Å². The normalized spacial score (nSPS) is 11.1. The molecule has 0 saturated heterocycles. The van der Waals surface area contributed by atoms with Gasteiger partial charge in [0.25, 0.3) is 5.56 Å². The van der Waals surface area contributed by atoms with Gasteiger partial charge in [0.2, 0.25) is 5.91 Å². The van der Waals surface area contributed by atoms with Crippen LogP contribution in [0.4, 0.5) is 5.69 Å². The molecular formula is C26H21N5O3S. The number of anilines is 1. The highest BCUT2D eigenvalue weighted by Crippen LogP contribution is 2.27. The quantitative estimate of drug-likeness (QED) is 0.303. The molecule has 9 heteroatoms. The lowest BCUT2D eigenvalue weighted by atomic mass is 10.1. The molecule has 5 aromatic rings. The van der Waals surface area contributed by atoms with Crippen molar-refractivity contribution in [1.82, 2.24) is 19.1 Å². The highest BCUT2D eigenvalue weighted by atomic mass is 32.2. The third kappa shape index (κ3) is 4.22. The van der Waals surface area contributed by atoms with Gasteiger partial charge in [-0.3, -0.25) is 18.7 Å². The predicted octanol–water partition coefficient (Wildman–Crippen LogP) is 3.58. The maximum atomic E-state index is 13.0. The molecule has 1 amide bonds. The van der Waals surface area contributed by atoms with Gasteiger partial charge in [-0.1, -0.05) is 78.5 Å². The van der Waals surface area contributed by atoms with Crippen molar-refractivity contribution in [3.8, 4) is 11.4 Å². The SMILES string of the molecule is Cn1c(=O)c2c(SCC(=O)Nc3cccc4ccccc34)nc(-c3ccccc3)nc2n(C)c1=O. The second-order valence-corrected chi connectivity index (χ2v) is 8.95. The Kier molecular flexibility index (Phi) is 5.92. The zero-order chi connectivity index (χ0) is 24.5. The van der Waals surface area contributed by atoms with E-state index in [-0.39, 0.29) is 22.7 Å². The highest BCUT2D eigenvalue weighted by molar-refractivity contribution is 8.00. The van der Waals surface area contributed by atoms with Crippen LogP contribution >= 0.6 is 11.8 Å². The van der Waals surface area contributed by atoms with Crippen molar-refractivity contribution < 1.29 is 4.79 Å². The molecule has 2 aromatic heterocycles. The molecule has 0 unspecified atom stereocenters. The van der Waals surface area contributed by atoms with Gasteiger partial charge >= 0.3 is 5.69 Å². The number of carbonyl (C=O) groups excluding carboxylic acids is 1. The highest BCUT2D eigenvalue weighted by Gasteiger charge is 2.19. The topological polar surface area (TPSA) is 98.9 Å². The molecule has 1 N–H and O–H groups in total. The van der Waals surface area contributed by atoms with Gasteiger partial charge < -0.3 is 5.32 Å². The standard InChI is InChI=1S/C26H21N5O3S/c1-30-23-21(25(33)31(2)26(30)34)24(29-22(28-23)17-10-4-3-5-11-17)35-15-20(32)27-19-14-8-12-16-9-6-7-13-18(16)19/h3-14H,15H2,1-2H3,(H,27,32). The number of aryl methyl sites for hydroxylation is 1. The Hall–Kier alpha value is -4.24. The lowest BCUT2D eigenvalue weighted by molar-refractivity contribution is -0.113. The van der Waals surface area contributed by atoms with E-state index in [0.29, 0.717) is 16.5 Å². The van der Waals surface area contributed by atoms with Crippen LogP contribution in [-0.2, 0) is 18.9 Å². The lowest BCUT2D eigenvalue weighted by Gasteiger charge is -2.12. The number of nitrogens with zero attached hydrogens (tertiary/aromatic N) is 4. The second-order valence-electron chi connectivity index (χ2n) is 7.99. The first kappa shape index (κ1) is 22.5. The minimum atomic E-state index is -0.500. The van der Waals surface area contributed by atoms with Gasteiger partial charge in [-0.2, -0.15) is 0 Å². The van der Waals surface area contributed by atoms with E-state index in [1.165, 1.54) is 11.6 Å². The summed E-state index contributed by atoms with van der Waals surface area (Å²) in [5.41, 5.74) is 0.697. The molecule has 3 aromatic carbocycles. The summed E-state index contributed by atoms with van der Waals surface area (Å²) in [7, 11) is 2.98. The zero-order valence-electron chi connectivity index (χ0n) is 19.1. The van der Waals surface area contributed by atoms with Crippen molar-refractivity contribution in [3.63, 3.8) is 0 Å². The van der Waals surface area contributed by atoms with Gasteiger partial charge in [0.05, 0.1) is 5.75 Å². The van der Waals surface area contributed by atoms with Crippen LogP contribution in [0.15, 0.2) is 87.4 Å². The van der Waals surface area contributed by atoms with Crippen LogP contribution in [0.25, 0.3) is 33.2 Å². The van der Waals surface area contributed by atoms with Gasteiger partial charge in [0.15, 0.2) is 11.5 Å². The number of carbonyl (C=O) groups is 1. The van der Waals surface area contributed by atoms with Gasteiger partial charge in [-0.05, 0) is 11.5 Å². The number of nitrogens with one attached hydrogen (secondary N) is 1. The average molecular weight is 484 g/mol. The Balaban J connectivity index is 1.53. The molecule has 174 valence electrons. The summed E-state index contributed by atoms with van der Waals surface area (Å²) < 4.78 is 2.35. The van der Waals surface area contributed by atoms with Crippen molar-refractivity contribution in [3.05, 3.63) is 93.6 Å². The maximum absolute atomic E-state index is 13.0. The molecule has 0 spiro atoms. The summed E-state index contributed by atoms with van der Waals surface area (Å²) >= 11 is 1.14. The van der Waals surface area contributed by atoms with Crippen molar-refractivity contribution in [1.29, 1.82) is 0 Å². The largest absolute Gasteiger partial charge is 0.332 e. The van der Waals surface area contributed by atoms with E-state index in [1.807, 2.05) is 72.8 Å². The number of amides is 1. The Bertz CT molecular complexity index is 1710. The minimum Gasteiger partial charge on any atom is -0.325 e. The first-order valence-electron chi connectivity index (χ1n) is 10.9. The van der Waals surface area contributed by atoms with E-state index < -0.39 is 11.2 Å². The average Bonchev–Trinajstić information content (AvgIpc) is 2.89. The summed E-state index contributed by atoms with van der Waals surface area (Å²) in [5, 5.41) is 5.47. The summed E-state index contributed by atoms with van der Waals surface area (Å²) in [5.74, 6) is 0.162. The Morgan fingerprint density at radius 1 is 0.886 bits per heavy atom. The third-order valence-electron chi connectivity index (χ3n) is 5.70. The molecule has 2 heterocycles.